The number of rotatable bonds is 6. The number of ether oxygens (including phenoxy) is 2. The molecule has 0 saturated heterocycles. The Hall–Kier alpha value is -3.61. The summed E-state index contributed by atoms with van der Waals surface area (Å²) in [6.45, 7) is 4.48. The van der Waals surface area contributed by atoms with Gasteiger partial charge in [-0.1, -0.05) is 24.3 Å². The molecule has 0 atom stereocenters. The van der Waals surface area contributed by atoms with Crippen molar-refractivity contribution < 1.29 is 23.9 Å². The molecule has 0 aliphatic rings. The molecule has 146 valence electrons. The van der Waals surface area contributed by atoms with Gasteiger partial charge in [0.1, 0.15) is 5.70 Å². The summed E-state index contributed by atoms with van der Waals surface area (Å²) >= 11 is 0. The molecule has 2 N–H and O–H groups in total. The van der Waals surface area contributed by atoms with Crippen molar-refractivity contribution >= 4 is 29.5 Å². The Morgan fingerprint density at radius 1 is 1.00 bits per heavy atom. The summed E-state index contributed by atoms with van der Waals surface area (Å²) in [5, 5.41) is 5.32. The summed E-state index contributed by atoms with van der Waals surface area (Å²) in [6, 6.07) is 12.1. The van der Waals surface area contributed by atoms with Gasteiger partial charge < -0.3 is 20.1 Å². The van der Waals surface area contributed by atoms with E-state index in [0.29, 0.717) is 17.0 Å². The fraction of sp³-hybridized carbons (Fsp3) is 0.190. The van der Waals surface area contributed by atoms with Gasteiger partial charge in [-0.2, -0.15) is 0 Å². The number of aryl methyl sites for hydroxylation is 1. The van der Waals surface area contributed by atoms with Crippen LogP contribution in [0.4, 0.5) is 5.69 Å². The van der Waals surface area contributed by atoms with Crippen LogP contribution < -0.4 is 20.1 Å². The second-order valence-electron chi connectivity index (χ2n) is 6.01. The lowest BCUT2D eigenvalue weighted by Crippen LogP contribution is -2.29. The maximum absolute atomic E-state index is 12.7. The van der Waals surface area contributed by atoms with Gasteiger partial charge in [0.05, 0.1) is 7.11 Å². The summed E-state index contributed by atoms with van der Waals surface area (Å²) < 4.78 is 10.3. The highest BCUT2D eigenvalue weighted by molar-refractivity contribution is 6.08. The topological polar surface area (TPSA) is 93.7 Å². The Morgan fingerprint density at radius 3 is 2.32 bits per heavy atom. The molecule has 7 heteroatoms. The molecule has 0 radical (unpaired) electrons. The zero-order valence-electron chi connectivity index (χ0n) is 16.2. The fourth-order valence-electron chi connectivity index (χ4n) is 2.43. The number of carbonyl (C=O) groups is 3. The van der Waals surface area contributed by atoms with Gasteiger partial charge in [-0.3, -0.25) is 14.4 Å². The van der Waals surface area contributed by atoms with Gasteiger partial charge in [-0.15, -0.1) is 0 Å². The highest BCUT2D eigenvalue weighted by Crippen LogP contribution is 2.29. The molecule has 0 heterocycles. The number of benzene rings is 2. The van der Waals surface area contributed by atoms with E-state index in [9.17, 15) is 14.4 Å². The predicted octanol–water partition coefficient (Wildman–Crippen LogP) is 3.04. The van der Waals surface area contributed by atoms with E-state index in [0.717, 1.165) is 5.56 Å². The van der Waals surface area contributed by atoms with E-state index in [-0.39, 0.29) is 17.4 Å². The lowest BCUT2D eigenvalue weighted by atomic mass is 10.1. The first kappa shape index (κ1) is 20.7. The minimum absolute atomic E-state index is 0.0676. The first-order chi connectivity index (χ1) is 13.3. The molecular formula is C21H22N2O5. The van der Waals surface area contributed by atoms with Crippen LogP contribution in [0, 0.1) is 6.92 Å². The fourth-order valence-corrected chi connectivity index (χ4v) is 2.43. The molecule has 28 heavy (non-hydrogen) atoms. The normalized spacial score (nSPS) is 10.8. The molecule has 0 unspecified atom stereocenters. The second-order valence-corrected chi connectivity index (χ2v) is 6.01. The Balaban J connectivity index is 2.35. The molecule has 2 aromatic rings. The molecular weight excluding hydrogens is 360 g/mol. The molecule has 0 aromatic heterocycles. The SMILES string of the molecule is COc1cc(/C=C(\NC(C)=O)C(=O)Nc2ccccc2C)ccc1OC(C)=O. The van der Waals surface area contributed by atoms with E-state index < -0.39 is 11.9 Å². The van der Waals surface area contributed by atoms with Crippen molar-refractivity contribution in [1.29, 1.82) is 0 Å². The lowest BCUT2D eigenvalue weighted by Gasteiger charge is -2.12. The third-order valence-corrected chi connectivity index (χ3v) is 3.70. The minimum Gasteiger partial charge on any atom is -0.493 e. The molecule has 7 nitrogen and oxygen atoms in total. The summed E-state index contributed by atoms with van der Waals surface area (Å²) in [5.41, 5.74) is 2.19. The van der Waals surface area contributed by atoms with Crippen molar-refractivity contribution in [3.63, 3.8) is 0 Å². The zero-order valence-corrected chi connectivity index (χ0v) is 16.2. The van der Waals surface area contributed by atoms with Gasteiger partial charge in [0.15, 0.2) is 11.5 Å². The summed E-state index contributed by atoms with van der Waals surface area (Å²) in [7, 11) is 1.44. The van der Waals surface area contributed by atoms with Crippen LogP contribution in [-0.2, 0) is 14.4 Å². The first-order valence-electron chi connectivity index (χ1n) is 8.53. The number of nitrogens with one attached hydrogen (secondary N) is 2. The number of hydrogen-bond donors (Lipinski definition) is 2. The first-order valence-corrected chi connectivity index (χ1v) is 8.53. The van der Waals surface area contributed by atoms with E-state index in [2.05, 4.69) is 10.6 Å². The minimum atomic E-state index is -0.474. The Bertz CT molecular complexity index is 934. The van der Waals surface area contributed by atoms with Crippen LogP contribution in [0.2, 0.25) is 0 Å². The molecule has 0 aliphatic heterocycles. The van der Waals surface area contributed by atoms with Crippen LogP contribution in [0.5, 0.6) is 11.5 Å². The van der Waals surface area contributed by atoms with Crippen molar-refractivity contribution in [2.45, 2.75) is 20.8 Å². The van der Waals surface area contributed by atoms with Crippen LogP contribution >= 0.6 is 0 Å². The van der Waals surface area contributed by atoms with Crippen molar-refractivity contribution in [2.24, 2.45) is 0 Å². The van der Waals surface area contributed by atoms with Crippen LogP contribution in [-0.4, -0.2) is 24.9 Å². The zero-order chi connectivity index (χ0) is 20.7. The highest BCUT2D eigenvalue weighted by atomic mass is 16.6. The Morgan fingerprint density at radius 2 is 1.71 bits per heavy atom. The Labute approximate surface area is 163 Å². The number of esters is 1. The third kappa shape index (κ3) is 5.70. The predicted molar refractivity (Wildman–Crippen MR) is 106 cm³/mol. The second kappa shape index (κ2) is 9.36. The molecule has 2 aromatic carbocycles. The largest absolute Gasteiger partial charge is 0.493 e. The quantitative estimate of drug-likeness (QED) is 0.455. The van der Waals surface area contributed by atoms with E-state index in [1.807, 2.05) is 25.1 Å². The average molecular weight is 382 g/mol. The Kier molecular flexibility index (Phi) is 6.92. The number of anilines is 1. The molecule has 0 aliphatic carbocycles. The van der Waals surface area contributed by atoms with Gasteiger partial charge in [0, 0.05) is 19.5 Å². The number of carbonyl (C=O) groups excluding carboxylic acids is 3. The van der Waals surface area contributed by atoms with E-state index in [4.69, 9.17) is 9.47 Å². The number of para-hydroxylation sites is 1. The molecule has 0 saturated carbocycles. The maximum Gasteiger partial charge on any atom is 0.308 e. The van der Waals surface area contributed by atoms with Crippen molar-refractivity contribution in [1.82, 2.24) is 5.32 Å². The standard InChI is InChI=1S/C21H22N2O5/c1-13-7-5-6-8-17(13)23-21(26)18(22-14(2)24)11-16-9-10-19(28-15(3)25)20(12-16)27-4/h5-12H,1-4H3,(H,22,24)(H,23,26)/b18-11-. The number of hydrogen-bond acceptors (Lipinski definition) is 5. The van der Waals surface area contributed by atoms with Gasteiger partial charge >= 0.3 is 5.97 Å². The number of amides is 2. The van der Waals surface area contributed by atoms with Crippen LogP contribution in [0.15, 0.2) is 48.2 Å². The third-order valence-electron chi connectivity index (χ3n) is 3.70. The van der Waals surface area contributed by atoms with Crippen molar-refractivity contribution in [3.8, 4) is 11.5 Å². The van der Waals surface area contributed by atoms with Gasteiger partial charge in [0.2, 0.25) is 5.91 Å². The van der Waals surface area contributed by atoms with Gasteiger partial charge in [-0.05, 0) is 42.3 Å². The molecule has 0 bridgehead atoms. The van der Waals surface area contributed by atoms with Crippen molar-refractivity contribution in [2.75, 3.05) is 12.4 Å². The van der Waals surface area contributed by atoms with Gasteiger partial charge in [0.25, 0.3) is 5.91 Å². The lowest BCUT2D eigenvalue weighted by molar-refractivity contribution is -0.132. The summed E-state index contributed by atoms with van der Waals surface area (Å²) in [5.74, 6) is -0.733. The summed E-state index contributed by atoms with van der Waals surface area (Å²) in [4.78, 5) is 35.4. The summed E-state index contributed by atoms with van der Waals surface area (Å²) in [6.07, 6.45) is 1.51. The molecule has 0 fully saturated rings. The van der Waals surface area contributed by atoms with Crippen LogP contribution in [0.3, 0.4) is 0 Å². The number of methoxy groups -OCH3 is 1. The molecule has 2 rings (SSSR count). The molecule has 0 spiro atoms. The van der Waals surface area contributed by atoms with E-state index >= 15 is 0 Å². The molecule has 2 amide bonds. The van der Waals surface area contributed by atoms with E-state index in [1.165, 1.54) is 27.0 Å². The van der Waals surface area contributed by atoms with Crippen LogP contribution in [0.1, 0.15) is 25.0 Å². The van der Waals surface area contributed by atoms with Crippen molar-refractivity contribution in [3.05, 3.63) is 59.3 Å². The van der Waals surface area contributed by atoms with Crippen LogP contribution in [0.25, 0.3) is 6.08 Å². The highest BCUT2D eigenvalue weighted by Gasteiger charge is 2.14. The average Bonchev–Trinajstić information content (AvgIpc) is 2.63. The monoisotopic (exact) mass is 382 g/mol. The van der Waals surface area contributed by atoms with Gasteiger partial charge in [-0.25, -0.2) is 0 Å². The van der Waals surface area contributed by atoms with E-state index in [1.54, 1.807) is 24.3 Å². The smallest absolute Gasteiger partial charge is 0.308 e. The maximum atomic E-state index is 12.7.